The lowest BCUT2D eigenvalue weighted by Crippen LogP contribution is -2.42. The standard InChI is InChI=1S/C17H26N2O2/c1-12(2)15-7-6-13(3)9-16(15)21-11-17(20)19-8-4-5-14(19)10-18/h6-7,9,12,14H,4-5,8,10-11,18H2,1-3H3/t14-/m1/s1. The molecule has 1 aliphatic rings. The van der Waals surface area contributed by atoms with Crippen molar-refractivity contribution in [2.75, 3.05) is 19.7 Å². The van der Waals surface area contributed by atoms with Gasteiger partial charge in [-0.3, -0.25) is 4.79 Å². The molecule has 1 amide bonds. The van der Waals surface area contributed by atoms with Crippen LogP contribution in [0.25, 0.3) is 0 Å². The highest BCUT2D eigenvalue weighted by Crippen LogP contribution is 2.27. The Balaban J connectivity index is 2.02. The molecule has 4 nitrogen and oxygen atoms in total. The van der Waals surface area contributed by atoms with Gasteiger partial charge in [0.15, 0.2) is 6.61 Å². The van der Waals surface area contributed by atoms with Crippen LogP contribution in [-0.2, 0) is 4.79 Å². The third-order valence-electron chi connectivity index (χ3n) is 4.11. The number of rotatable bonds is 5. The van der Waals surface area contributed by atoms with Crippen molar-refractivity contribution in [2.24, 2.45) is 5.73 Å². The quantitative estimate of drug-likeness (QED) is 0.906. The fraction of sp³-hybridized carbons (Fsp3) is 0.588. The van der Waals surface area contributed by atoms with Gasteiger partial charge in [0, 0.05) is 19.1 Å². The number of amides is 1. The molecule has 0 bridgehead atoms. The summed E-state index contributed by atoms with van der Waals surface area (Å²) in [6, 6.07) is 6.35. The Morgan fingerprint density at radius 1 is 1.48 bits per heavy atom. The second-order valence-corrected chi connectivity index (χ2v) is 6.10. The van der Waals surface area contributed by atoms with Crippen LogP contribution in [0.4, 0.5) is 0 Å². The van der Waals surface area contributed by atoms with E-state index >= 15 is 0 Å². The molecule has 1 fully saturated rings. The van der Waals surface area contributed by atoms with Gasteiger partial charge in [-0.25, -0.2) is 0 Å². The summed E-state index contributed by atoms with van der Waals surface area (Å²) in [5.41, 5.74) is 8.00. The molecule has 0 unspecified atom stereocenters. The molecule has 1 atom stereocenters. The van der Waals surface area contributed by atoms with Crippen LogP contribution < -0.4 is 10.5 Å². The molecule has 1 aromatic rings. The second kappa shape index (κ2) is 6.94. The van der Waals surface area contributed by atoms with Gasteiger partial charge in [0.1, 0.15) is 5.75 Å². The number of carbonyl (C=O) groups excluding carboxylic acids is 1. The lowest BCUT2D eigenvalue weighted by atomic mass is 10.0. The maximum absolute atomic E-state index is 12.3. The Kier molecular flexibility index (Phi) is 5.23. The van der Waals surface area contributed by atoms with Crippen LogP contribution in [0.15, 0.2) is 18.2 Å². The maximum Gasteiger partial charge on any atom is 0.260 e. The normalized spacial score (nSPS) is 18.3. The summed E-state index contributed by atoms with van der Waals surface area (Å²) >= 11 is 0. The first-order valence-corrected chi connectivity index (χ1v) is 7.75. The van der Waals surface area contributed by atoms with E-state index in [1.54, 1.807) is 0 Å². The molecule has 0 aromatic heterocycles. The summed E-state index contributed by atoms with van der Waals surface area (Å²) in [6.45, 7) is 7.72. The summed E-state index contributed by atoms with van der Waals surface area (Å²) in [6.07, 6.45) is 2.04. The third-order valence-corrected chi connectivity index (χ3v) is 4.11. The van der Waals surface area contributed by atoms with E-state index in [-0.39, 0.29) is 18.6 Å². The highest BCUT2D eigenvalue weighted by molar-refractivity contribution is 5.78. The fourth-order valence-electron chi connectivity index (χ4n) is 2.88. The molecule has 2 N–H and O–H groups in total. The first kappa shape index (κ1) is 15.8. The number of hydrogen-bond acceptors (Lipinski definition) is 3. The average Bonchev–Trinajstić information content (AvgIpc) is 2.93. The number of ether oxygens (including phenoxy) is 1. The van der Waals surface area contributed by atoms with Crippen molar-refractivity contribution in [3.63, 3.8) is 0 Å². The van der Waals surface area contributed by atoms with E-state index < -0.39 is 0 Å². The fourth-order valence-corrected chi connectivity index (χ4v) is 2.88. The number of nitrogens with zero attached hydrogens (tertiary/aromatic N) is 1. The maximum atomic E-state index is 12.3. The van der Waals surface area contributed by atoms with Gasteiger partial charge in [0.25, 0.3) is 5.91 Å². The van der Waals surface area contributed by atoms with E-state index in [9.17, 15) is 4.79 Å². The van der Waals surface area contributed by atoms with Crippen LogP contribution in [0.2, 0.25) is 0 Å². The predicted octanol–water partition coefficient (Wildman–Crippen LogP) is 2.45. The minimum absolute atomic E-state index is 0.0409. The Morgan fingerprint density at radius 3 is 2.90 bits per heavy atom. The molecule has 1 aliphatic heterocycles. The zero-order valence-corrected chi connectivity index (χ0v) is 13.3. The summed E-state index contributed by atoms with van der Waals surface area (Å²) in [5, 5.41) is 0. The van der Waals surface area contributed by atoms with Crippen molar-refractivity contribution in [3.05, 3.63) is 29.3 Å². The highest BCUT2D eigenvalue weighted by Gasteiger charge is 2.27. The molecule has 1 aromatic carbocycles. The molecule has 0 saturated carbocycles. The van der Waals surface area contributed by atoms with Gasteiger partial charge in [-0.2, -0.15) is 0 Å². The first-order chi connectivity index (χ1) is 10.0. The minimum atomic E-state index is 0.0409. The monoisotopic (exact) mass is 290 g/mol. The zero-order valence-electron chi connectivity index (χ0n) is 13.3. The Bertz CT molecular complexity index is 500. The number of benzene rings is 1. The molecule has 1 saturated heterocycles. The van der Waals surface area contributed by atoms with E-state index in [4.69, 9.17) is 10.5 Å². The van der Waals surface area contributed by atoms with Crippen LogP contribution in [0, 0.1) is 6.92 Å². The van der Waals surface area contributed by atoms with Gasteiger partial charge < -0.3 is 15.4 Å². The molecular weight excluding hydrogens is 264 g/mol. The predicted molar refractivity (Wildman–Crippen MR) is 84.6 cm³/mol. The Labute approximate surface area is 127 Å². The summed E-state index contributed by atoms with van der Waals surface area (Å²) in [5.74, 6) is 1.24. The molecule has 4 heteroatoms. The van der Waals surface area contributed by atoms with Crippen molar-refractivity contribution in [3.8, 4) is 5.75 Å². The number of carbonyl (C=O) groups is 1. The van der Waals surface area contributed by atoms with Crippen LogP contribution in [0.3, 0.4) is 0 Å². The minimum Gasteiger partial charge on any atom is -0.483 e. The van der Waals surface area contributed by atoms with E-state index in [1.807, 2.05) is 17.9 Å². The topological polar surface area (TPSA) is 55.6 Å². The lowest BCUT2D eigenvalue weighted by molar-refractivity contribution is -0.134. The molecule has 0 aliphatic carbocycles. The van der Waals surface area contributed by atoms with Crippen LogP contribution in [0.5, 0.6) is 5.75 Å². The number of aryl methyl sites for hydroxylation is 1. The van der Waals surface area contributed by atoms with Crippen molar-refractivity contribution in [1.29, 1.82) is 0 Å². The molecule has 1 heterocycles. The third kappa shape index (κ3) is 3.76. The van der Waals surface area contributed by atoms with Gasteiger partial charge >= 0.3 is 0 Å². The van der Waals surface area contributed by atoms with Gasteiger partial charge in [-0.05, 0) is 42.9 Å². The molecule has 0 radical (unpaired) electrons. The zero-order chi connectivity index (χ0) is 15.4. The summed E-state index contributed by atoms with van der Waals surface area (Å²) in [4.78, 5) is 14.2. The SMILES string of the molecule is Cc1ccc(C(C)C)c(OCC(=O)N2CCC[C@@H]2CN)c1. The highest BCUT2D eigenvalue weighted by atomic mass is 16.5. The van der Waals surface area contributed by atoms with Crippen LogP contribution in [-0.4, -0.2) is 36.5 Å². The van der Waals surface area contributed by atoms with E-state index in [0.717, 1.165) is 36.3 Å². The summed E-state index contributed by atoms with van der Waals surface area (Å²) in [7, 11) is 0. The second-order valence-electron chi connectivity index (χ2n) is 6.10. The van der Waals surface area contributed by atoms with Crippen LogP contribution in [0.1, 0.15) is 43.7 Å². The molecule has 21 heavy (non-hydrogen) atoms. The van der Waals surface area contributed by atoms with E-state index in [2.05, 4.69) is 26.0 Å². The van der Waals surface area contributed by atoms with Gasteiger partial charge in [0.05, 0.1) is 0 Å². The number of hydrogen-bond donors (Lipinski definition) is 1. The van der Waals surface area contributed by atoms with Crippen LogP contribution >= 0.6 is 0 Å². The smallest absolute Gasteiger partial charge is 0.260 e. The van der Waals surface area contributed by atoms with Crippen molar-refractivity contribution in [2.45, 2.75) is 45.6 Å². The van der Waals surface area contributed by atoms with Gasteiger partial charge in [-0.1, -0.05) is 26.0 Å². The number of likely N-dealkylation sites (tertiary alicyclic amines) is 1. The van der Waals surface area contributed by atoms with E-state index in [0.29, 0.717) is 12.5 Å². The molecule has 116 valence electrons. The lowest BCUT2D eigenvalue weighted by Gasteiger charge is -2.24. The summed E-state index contributed by atoms with van der Waals surface area (Å²) < 4.78 is 5.81. The molecular formula is C17H26N2O2. The van der Waals surface area contributed by atoms with Crippen molar-refractivity contribution >= 4 is 5.91 Å². The van der Waals surface area contributed by atoms with Gasteiger partial charge in [0.2, 0.25) is 0 Å². The molecule has 0 spiro atoms. The van der Waals surface area contributed by atoms with E-state index in [1.165, 1.54) is 0 Å². The first-order valence-electron chi connectivity index (χ1n) is 7.75. The largest absolute Gasteiger partial charge is 0.483 e. The van der Waals surface area contributed by atoms with Crippen molar-refractivity contribution in [1.82, 2.24) is 4.90 Å². The Morgan fingerprint density at radius 2 is 2.24 bits per heavy atom. The Hall–Kier alpha value is -1.55. The number of nitrogens with two attached hydrogens (primary N) is 1. The van der Waals surface area contributed by atoms with Gasteiger partial charge in [-0.15, -0.1) is 0 Å². The average molecular weight is 290 g/mol. The van der Waals surface area contributed by atoms with Crippen molar-refractivity contribution < 1.29 is 9.53 Å². The molecule has 2 rings (SSSR count).